The van der Waals surface area contributed by atoms with Gasteiger partial charge in [0.05, 0.1) is 12.7 Å². The second-order valence-corrected chi connectivity index (χ2v) is 5.94. The number of aryl methyl sites for hydroxylation is 2. The molecule has 0 spiro atoms. The Balaban J connectivity index is 2.00. The van der Waals surface area contributed by atoms with Crippen molar-refractivity contribution in [2.45, 2.75) is 33.4 Å². The van der Waals surface area contributed by atoms with E-state index in [0.29, 0.717) is 5.58 Å². The van der Waals surface area contributed by atoms with Gasteiger partial charge in [-0.1, -0.05) is 0 Å². The third kappa shape index (κ3) is 3.01. The average molecular weight is 287 g/mol. The number of fused-ring (bicyclic) bond motifs is 1. The molecule has 0 saturated carbocycles. The summed E-state index contributed by atoms with van der Waals surface area (Å²) in [5.74, 6) is 0. The van der Waals surface area contributed by atoms with Gasteiger partial charge < -0.3 is 9.15 Å². The molecule has 0 bridgehead atoms. The van der Waals surface area contributed by atoms with Gasteiger partial charge in [-0.3, -0.25) is 4.90 Å². The minimum atomic E-state index is -0.276. The summed E-state index contributed by atoms with van der Waals surface area (Å²) in [6.07, 6.45) is 0.245. The molecule has 21 heavy (non-hydrogen) atoms. The van der Waals surface area contributed by atoms with Gasteiger partial charge >= 0.3 is 5.63 Å². The van der Waals surface area contributed by atoms with Crippen LogP contribution in [0.2, 0.25) is 0 Å². The Morgan fingerprint density at radius 2 is 2.00 bits per heavy atom. The summed E-state index contributed by atoms with van der Waals surface area (Å²) >= 11 is 0. The fourth-order valence-corrected chi connectivity index (χ4v) is 2.89. The normalized spacial score (nSPS) is 20.0. The Bertz CT molecular complexity index is 720. The van der Waals surface area contributed by atoms with Crippen molar-refractivity contribution in [2.75, 3.05) is 19.7 Å². The molecule has 1 atom stereocenters. The first-order valence-electron chi connectivity index (χ1n) is 7.41. The Labute approximate surface area is 124 Å². The molecule has 4 heteroatoms. The van der Waals surface area contributed by atoms with E-state index in [9.17, 15) is 4.79 Å². The van der Waals surface area contributed by atoms with Crippen molar-refractivity contribution in [3.8, 4) is 0 Å². The zero-order valence-corrected chi connectivity index (χ0v) is 12.8. The van der Waals surface area contributed by atoms with E-state index in [4.69, 9.17) is 9.15 Å². The molecule has 1 aliphatic rings. The van der Waals surface area contributed by atoms with Crippen LogP contribution in [0.1, 0.15) is 23.6 Å². The number of benzene rings is 1. The molecule has 0 N–H and O–H groups in total. The largest absolute Gasteiger partial charge is 0.423 e. The molecule has 1 aromatic heterocycles. The Morgan fingerprint density at radius 3 is 2.76 bits per heavy atom. The molecular weight excluding hydrogens is 266 g/mol. The fraction of sp³-hybridized carbons (Fsp3) is 0.471. The van der Waals surface area contributed by atoms with Crippen molar-refractivity contribution < 1.29 is 9.15 Å². The maximum absolute atomic E-state index is 11.8. The summed E-state index contributed by atoms with van der Waals surface area (Å²) < 4.78 is 10.9. The second-order valence-electron chi connectivity index (χ2n) is 5.94. The standard InChI is InChI=1S/C17H21NO3/c1-11-6-15-14(10-18-4-5-20-13(3)9-18)8-17(19)21-16(15)7-12(11)2/h6-8,13H,4-5,9-10H2,1-3H3. The maximum atomic E-state index is 11.8. The van der Waals surface area contributed by atoms with E-state index in [2.05, 4.69) is 24.8 Å². The SMILES string of the molecule is Cc1cc2oc(=O)cc(CN3CCOC(C)C3)c2cc1C. The van der Waals surface area contributed by atoms with E-state index in [1.165, 1.54) is 5.56 Å². The summed E-state index contributed by atoms with van der Waals surface area (Å²) in [6.45, 7) is 9.50. The van der Waals surface area contributed by atoms with Crippen LogP contribution < -0.4 is 5.63 Å². The van der Waals surface area contributed by atoms with Gasteiger partial charge in [0.2, 0.25) is 0 Å². The van der Waals surface area contributed by atoms with Crippen LogP contribution in [0.4, 0.5) is 0 Å². The van der Waals surface area contributed by atoms with Crippen LogP contribution >= 0.6 is 0 Å². The summed E-state index contributed by atoms with van der Waals surface area (Å²) in [5, 5.41) is 1.04. The molecule has 1 aliphatic heterocycles. The molecule has 0 aliphatic carbocycles. The highest BCUT2D eigenvalue weighted by atomic mass is 16.5. The average Bonchev–Trinajstić information content (AvgIpc) is 2.41. The van der Waals surface area contributed by atoms with Gasteiger partial charge in [-0.05, 0) is 49.6 Å². The van der Waals surface area contributed by atoms with Crippen molar-refractivity contribution in [2.24, 2.45) is 0 Å². The number of hydrogen-bond donors (Lipinski definition) is 0. The molecule has 1 unspecified atom stereocenters. The first kappa shape index (κ1) is 14.3. The second kappa shape index (κ2) is 5.62. The third-order valence-corrected chi connectivity index (χ3v) is 4.16. The van der Waals surface area contributed by atoms with E-state index in [1.807, 2.05) is 13.0 Å². The lowest BCUT2D eigenvalue weighted by molar-refractivity contribution is -0.0211. The van der Waals surface area contributed by atoms with Crippen molar-refractivity contribution in [3.63, 3.8) is 0 Å². The zero-order chi connectivity index (χ0) is 15.0. The summed E-state index contributed by atoms with van der Waals surface area (Å²) in [5.41, 5.74) is 3.80. The molecule has 1 fully saturated rings. The third-order valence-electron chi connectivity index (χ3n) is 4.16. The predicted octanol–water partition coefficient (Wildman–Crippen LogP) is 2.63. The van der Waals surface area contributed by atoms with Gasteiger partial charge in [0.25, 0.3) is 0 Å². The van der Waals surface area contributed by atoms with E-state index < -0.39 is 0 Å². The van der Waals surface area contributed by atoms with E-state index in [1.54, 1.807) is 6.07 Å². The minimum absolute atomic E-state index is 0.245. The Hall–Kier alpha value is -1.65. The highest BCUT2D eigenvalue weighted by molar-refractivity contribution is 5.81. The first-order valence-corrected chi connectivity index (χ1v) is 7.41. The molecule has 1 aromatic carbocycles. The smallest absolute Gasteiger partial charge is 0.336 e. The quantitative estimate of drug-likeness (QED) is 0.796. The molecule has 112 valence electrons. The topological polar surface area (TPSA) is 42.7 Å². The molecule has 3 rings (SSSR count). The van der Waals surface area contributed by atoms with Gasteiger partial charge in [0.15, 0.2) is 0 Å². The lowest BCUT2D eigenvalue weighted by atomic mass is 10.0. The number of hydrogen-bond acceptors (Lipinski definition) is 4. The van der Waals surface area contributed by atoms with Crippen LogP contribution in [0.3, 0.4) is 0 Å². The molecule has 2 heterocycles. The zero-order valence-electron chi connectivity index (χ0n) is 12.8. The number of rotatable bonds is 2. The molecule has 2 aromatic rings. The van der Waals surface area contributed by atoms with Crippen LogP contribution in [-0.2, 0) is 11.3 Å². The highest BCUT2D eigenvalue weighted by Gasteiger charge is 2.18. The lowest BCUT2D eigenvalue weighted by Crippen LogP contribution is -2.40. The summed E-state index contributed by atoms with van der Waals surface area (Å²) in [6, 6.07) is 5.70. The van der Waals surface area contributed by atoms with Crippen molar-refractivity contribution in [3.05, 3.63) is 45.3 Å². The molecule has 0 amide bonds. The van der Waals surface area contributed by atoms with Crippen LogP contribution in [0.25, 0.3) is 11.0 Å². The maximum Gasteiger partial charge on any atom is 0.336 e. The van der Waals surface area contributed by atoms with E-state index in [-0.39, 0.29) is 11.7 Å². The van der Waals surface area contributed by atoms with Crippen molar-refractivity contribution in [1.29, 1.82) is 0 Å². The van der Waals surface area contributed by atoms with Gasteiger partial charge in [-0.2, -0.15) is 0 Å². The van der Waals surface area contributed by atoms with Crippen LogP contribution in [0, 0.1) is 13.8 Å². The van der Waals surface area contributed by atoms with Gasteiger partial charge in [0.1, 0.15) is 5.58 Å². The monoisotopic (exact) mass is 287 g/mol. The van der Waals surface area contributed by atoms with Gasteiger partial charge in [0, 0.05) is 31.1 Å². The van der Waals surface area contributed by atoms with Crippen LogP contribution in [0.5, 0.6) is 0 Å². The van der Waals surface area contributed by atoms with Crippen LogP contribution in [0.15, 0.2) is 27.4 Å². The fourth-order valence-electron chi connectivity index (χ4n) is 2.89. The molecule has 1 saturated heterocycles. The van der Waals surface area contributed by atoms with Gasteiger partial charge in [-0.15, -0.1) is 0 Å². The van der Waals surface area contributed by atoms with E-state index >= 15 is 0 Å². The lowest BCUT2D eigenvalue weighted by Gasteiger charge is -2.31. The number of nitrogens with zero attached hydrogens (tertiary/aromatic N) is 1. The molecule has 0 radical (unpaired) electrons. The predicted molar refractivity (Wildman–Crippen MR) is 82.6 cm³/mol. The summed E-state index contributed by atoms with van der Waals surface area (Å²) in [4.78, 5) is 14.1. The summed E-state index contributed by atoms with van der Waals surface area (Å²) in [7, 11) is 0. The minimum Gasteiger partial charge on any atom is -0.423 e. The molecule has 4 nitrogen and oxygen atoms in total. The Kier molecular flexibility index (Phi) is 3.83. The first-order chi connectivity index (χ1) is 10.0. The van der Waals surface area contributed by atoms with Crippen molar-refractivity contribution >= 4 is 11.0 Å². The number of ether oxygens (including phenoxy) is 1. The highest BCUT2D eigenvalue weighted by Crippen LogP contribution is 2.23. The van der Waals surface area contributed by atoms with Gasteiger partial charge in [-0.25, -0.2) is 4.79 Å². The van der Waals surface area contributed by atoms with E-state index in [0.717, 1.165) is 42.8 Å². The van der Waals surface area contributed by atoms with Crippen molar-refractivity contribution in [1.82, 2.24) is 4.90 Å². The Morgan fingerprint density at radius 1 is 1.24 bits per heavy atom. The molecular formula is C17H21NO3. The van der Waals surface area contributed by atoms with Crippen LogP contribution in [-0.4, -0.2) is 30.7 Å². The number of morpholine rings is 1.